The smallest absolute Gasteiger partial charge is 0.268 e. The van der Waals surface area contributed by atoms with Crippen LogP contribution in [0.5, 0.6) is 0 Å². The van der Waals surface area contributed by atoms with Gasteiger partial charge in [0.2, 0.25) is 5.91 Å². The number of alkyl halides is 2. The molecule has 2 atom stereocenters. The molecule has 0 spiro atoms. The quantitative estimate of drug-likeness (QED) is 0.392. The van der Waals surface area contributed by atoms with Crippen LogP contribution in [0.3, 0.4) is 0 Å². The standard InChI is InChI=1S/C24H33N3O.C6H6F2N2O/c1-24(2,3)19-12-14-21(15-13-19)27(4)22(18-9-8-16-25-17-18)23(28)26-20-10-6-5-7-11-20;7-6(8)1-5(2-11)10(3-6)4-9/h8-9,12-17,20,22H,5-7,10-11H2,1-4H3,(H,26,28);2,5H,1,3H2. The summed E-state index contributed by atoms with van der Waals surface area (Å²) in [6, 6.07) is 11.4. The Bertz CT molecular complexity index is 1120. The maximum atomic E-state index is 13.3. The molecular formula is C30H39F2N5O2. The fraction of sp³-hybridized carbons (Fsp3) is 0.533. The van der Waals surface area contributed by atoms with E-state index in [9.17, 15) is 18.4 Å². The van der Waals surface area contributed by atoms with E-state index in [0.717, 1.165) is 29.0 Å². The van der Waals surface area contributed by atoms with E-state index in [1.54, 1.807) is 18.6 Å². The van der Waals surface area contributed by atoms with Crippen molar-refractivity contribution in [1.82, 2.24) is 15.2 Å². The molecule has 1 aliphatic heterocycles. The van der Waals surface area contributed by atoms with E-state index in [1.165, 1.54) is 24.8 Å². The van der Waals surface area contributed by atoms with E-state index in [-0.39, 0.29) is 17.4 Å². The maximum absolute atomic E-state index is 13.3. The van der Waals surface area contributed by atoms with Gasteiger partial charge in [-0.3, -0.25) is 14.7 Å². The van der Waals surface area contributed by atoms with Crippen molar-refractivity contribution in [2.75, 3.05) is 18.5 Å². The van der Waals surface area contributed by atoms with E-state index in [4.69, 9.17) is 5.26 Å². The average molecular weight is 540 g/mol. The molecule has 1 N–H and O–H groups in total. The van der Waals surface area contributed by atoms with Gasteiger partial charge in [-0.2, -0.15) is 5.26 Å². The van der Waals surface area contributed by atoms with Crippen LogP contribution in [-0.4, -0.2) is 53.7 Å². The Hall–Kier alpha value is -3.54. The third-order valence-corrected chi connectivity index (χ3v) is 7.32. The summed E-state index contributed by atoms with van der Waals surface area (Å²) >= 11 is 0. The second-order valence-corrected chi connectivity index (χ2v) is 11.4. The van der Waals surface area contributed by atoms with Gasteiger partial charge in [0.15, 0.2) is 6.19 Å². The van der Waals surface area contributed by atoms with E-state index >= 15 is 0 Å². The number of likely N-dealkylation sites (tertiary alicyclic amines) is 1. The van der Waals surface area contributed by atoms with Crippen LogP contribution in [0.1, 0.15) is 76.5 Å². The van der Waals surface area contributed by atoms with Gasteiger partial charge >= 0.3 is 0 Å². The number of nitriles is 1. The van der Waals surface area contributed by atoms with Crippen LogP contribution < -0.4 is 10.2 Å². The molecule has 2 fully saturated rings. The Morgan fingerprint density at radius 1 is 1.21 bits per heavy atom. The molecule has 2 aromatic rings. The number of nitrogens with one attached hydrogen (secondary N) is 1. The topological polar surface area (TPSA) is 89.3 Å². The molecule has 1 saturated heterocycles. The monoisotopic (exact) mass is 539 g/mol. The molecule has 2 aliphatic rings. The highest BCUT2D eigenvalue weighted by Crippen LogP contribution is 2.31. The third-order valence-electron chi connectivity index (χ3n) is 7.32. The van der Waals surface area contributed by atoms with Gasteiger partial charge in [0.05, 0.1) is 6.54 Å². The van der Waals surface area contributed by atoms with E-state index in [1.807, 2.05) is 19.2 Å². The molecule has 39 heavy (non-hydrogen) atoms. The zero-order valence-corrected chi connectivity index (χ0v) is 23.2. The molecule has 1 aromatic carbocycles. The average Bonchev–Trinajstić information content (AvgIpc) is 3.23. The number of benzene rings is 1. The van der Waals surface area contributed by atoms with Gasteiger partial charge in [-0.05, 0) is 42.0 Å². The van der Waals surface area contributed by atoms with Crippen LogP contribution in [0.4, 0.5) is 14.5 Å². The second kappa shape index (κ2) is 13.0. The van der Waals surface area contributed by atoms with Crippen molar-refractivity contribution in [2.45, 2.75) is 88.8 Å². The highest BCUT2D eigenvalue weighted by molar-refractivity contribution is 5.86. The molecule has 210 valence electrons. The van der Waals surface area contributed by atoms with Crippen molar-refractivity contribution >= 4 is 17.9 Å². The van der Waals surface area contributed by atoms with E-state index in [0.29, 0.717) is 6.29 Å². The predicted molar refractivity (Wildman–Crippen MR) is 147 cm³/mol. The number of hydrogen-bond donors (Lipinski definition) is 1. The molecule has 1 amide bonds. The first-order valence-electron chi connectivity index (χ1n) is 13.5. The Labute approximate surface area is 230 Å². The van der Waals surface area contributed by atoms with Gasteiger partial charge in [0.1, 0.15) is 18.4 Å². The van der Waals surface area contributed by atoms with Crippen molar-refractivity contribution < 1.29 is 18.4 Å². The summed E-state index contributed by atoms with van der Waals surface area (Å²) in [5, 5.41) is 11.6. The van der Waals surface area contributed by atoms with Gasteiger partial charge in [-0.1, -0.05) is 58.2 Å². The van der Waals surface area contributed by atoms with E-state index in [2.05, 4.69) is 60.2 Å². The second-order valence-electron chi connectivity index (χ2n) is 11.4. The lowest BCUT2D eigenvalue weighted by Crippen LogP contribution is -2.44. The number of nitrogens with zero attached hydrogens (tertiary/aromatic N) is 4. The molecule has 1 aliphatic carbocycles. The summed E-state index contributed by atoms with van der Waals surface area (Å²) in [5.74, 6) is -2.83. The maximum Gasteiger partial charge on any atom is 0.268 e. The summed E-state index contributed by atoms with van der Waals surface area (Å²) in [6.45, 7) is 6.00. The number of hydrogen-bond acceptors (Lipinski definition) is 6. The molecule has 1 aromatic heterocycles. The van der Waals surface area contributed by atoms with Crippen LogP contribution in [-0.2, 0) is 15.0 Å². The number of aldehydes is 1. The minimum absolute atomic E-state index is 0.0577. The molecule has 1 saturated carbocycles. The largest absolute Gasteiger partial charge is 0.359 e. The lowest BCUT2D eigenvalue weighted by molar-refractivity contribution is -0.123. The zero-order chi connectivity index (χ0) is 28.6. The molecule has 7 nitrogen and oxygen atoms in total. The Morgan fingerprint density at radius 3 is 2.38 bits per heavy atom. The van der Waals surface area contributed by atoms with Crippen LogP contribution in [0.2, 0.25) is 0 Å². The van der Waals surface area contributed by atoms with Crippen molar-refractivity contribution in [2.24, 2.45) is 0 Å². The Balaban J connectivity index is 0.000000320. The molecular weight excluding hydrogens is 500 g/mol. The highest BCUT2D eigenvalue weighted by atomic mass is 19.3. The molecule has 2 heterocycles. The summed E-state index contributed by atoms with van der Waals surface area (Å²) in [7, 11) is 1.99. The number of anilines is 1. The fourth-order valence-electron chi connectivity index (χ4n) is 5.04. The summed E-state index contributed by atoms with van der Waals surface area (Å²) in [6.07, 6.45) is 10.8. The number of likely N-dealkylation sites (N-methyl/N-ethyl adjacent to an activating group) is 1. The third kappa shape index (κ3) is 8.22. The van der Waals surface area contributed by atoms with E-state index < -0.39 is 31.0 Å². The number of amides is 1. The minimum Gasteiger partial charge on any atom is -0.359 e. The van der Waals surface area contributed by atoms with Crippen LogP contribution in [0.15, 0.2) is 48.8 Å². The zero-order valence-electron chi connectivity index (χ0n) is 23.2. The van der Waals surface area contributed by atoms with Gasteiger partial charge < -0.3 is 15.0 Å². The van der Waals surface area contributed by atoms with Crippen molar-refractivity contribution in [3.8, 4) is 6.19 Å². The van der Waals surface area contributed by atoms with Gasteiger partial charge in [-0.15, -0.1) is 0 Å². The molecule has 0 radical (unpaired) electrons. The number of carbonyl (C=O) groups is 2. The number of halogens is 2. The lowest BCUT2D eigenvalue weighted by atomic mass is 9.87. The SMILES string of the molecule is CN(c1ccc(C(C)(C)C)cc1)C(C(=O)NC1CCCCC1)c1cccnc1.N#CN1CC(F)(F)CC1C=O. The number of rotatable bonds is 6. The number of carbonyl (C=O) groups excluding carboxylic acids is 2. The predicted octanol–water partition coefficient (Wildman–Crippen LogP) is 5.38. The normalized spacial score (nSPS) is 19.7. The molecule has 2 unspecified atom stereocenters. The summed E-state index contributed by atoms with van der Waals surface area (Å²) < 4.78 is 24.9. The first-order valence-corrected chi connectivity index (χ1v) is 13.5. The number of pyridine rings is 1. The summed E-state index contributed by atoms with van der Waals surface area (Å²) in [5.41, 5.74) is 3.34. The van der Waals surface area contributed by atoms with Crippen LogP contribution in [0, 0.1) is 11.5 Å². The van der Waals surface area contributed by atoms with Gasteiger partial charge in [0.25, 0.3) is 5.92 Å². The Morgan fingerprint density at radius 2 is 1.87 bits per heavy atom. The van der Waals surface area contributed by atoms with Crippen molar-refractivity contribution in [3.05, 3.63) is 59.9 Å². The van der Waals surface area contributed by atoms with Gasteiger partial charge in [0, 0.05) is 43.2 Å². The highest BCUT2D eigenvalue weighted by Gasteiger charge is 2.44. The minimum atomic E-state index is -2.89. The first-order chi connectivity index (χ1) is 18.4. The van der Waals surface area contributed by atoms with Crippen molar-refractivity contribution in [3.63, 3.8) is 0 Å². The summed E-state index contributed by atoms with van der Waals surface area (Å²) in [4.78, 5) is 30.5. The first kappa shape index (κ1) is 30.0. The Kier molecular flexibility index (Phi) is 10.0. The van der Waals surface area contributed by atoms with Crippen molar-refractivity contribution in [1.29, 1.82) is 5.26 Å². The van der Waals surface area contributed by atoms with Crippen LogP contribution in [0.25, 0.3) is 0 Å². The fourth-order valence-corrected chi connectivity index (χ4v) is 5.04. The number of aromatic nitrogens is 1. The molecule has 9 heteroatoms. The molecule has 0 bridgehead atoms. The molecule has 4 rings (SSSR count). The van der Waals surface area contributed by atoms with Crippen LogP contribution >= 0.6 is 0 Å². The van der Waals surface area contributed by atoms with Gasteiger partial charge in [-0.25, -0.2) is 8.78 Å². The lowest BCUT2D eigenvalue weighted by Gasteiger charge is -2.32.